The largest absolute Gasteiger partial charge is 0.356 e. The van der Waals surface area contributed by atoms with Gasteiger partial charge in [-0.25, -0.2) is 4.39 Å². The summed E-state index contributed by atoms with van der Waals surface area (Å²) < 4.78 is 42.0. The number of carbonyl (C=O) groups excluding carboxylic acids is 1. The van der Waals surface area contributed by atoms with E-state index in [1.165, 1.54) is 29.6 Å². The lowest BCUT2D eigenvalue weighted by Gasteiger charge is -2.33. The van der Waals surface area contributed by atoms with Crippen LogP contribution < -0.4 is 5.32 Å². The van der Waals surface area contributed by atoms with Gasteiger partial charge in [0, 0.05) is 49.7 Å². The van der Waals surface area contributed by atoms with Crippen LogP contribution >= 0.6 is 11.6 Å². The Morgan fingerprint density at radius 3 is 2.63 bits per heavy atom. The molecule has 2 rings (SSSR count). The van der Waals surface area contributed by atoms with E-state index >= 15 is 0 Å². The molecule has 1 aliphatic heterocycles. The molecule has 0 radical (unpaired) electrons. The summed E-state index contributed by atoms with van der Waals surface area (Å²) in [7, 11) is -2.35. The van der Waals surface area contributed by atoms with Gasteiger partial charge in [0.15, 0.2) is 0 Å². The summed E-state index contributed by atoms with van der Waals surface area (Å²) in [6.45, 7) is 3.10. The van der Waals surface area contributed by atoms with Crippen molar-refractivity contribution >= 4 is 27.7 Å². The monoisotopic (exact) mass is 419 g/mol. The normalized spacial score (nSPS) is 16.6. The van der Waals surface area contributed by atoms with Crippen LogP contribution in [0.3, 0.4) is 0 Å². The molecule has 9 heteroatoms. The number of rotatable bonds is 8. The first-order valence-corrected chi connectivity index (χ1v) is 11.0. The molecule has 1 fully saturated rings. The molecule has 6 nitrogen and oxygen atoms in total. The first kappa shape index (κ1) is 22.1. The van der Waals surface area contributed by atoms with Gasteiger partial charge in [0.2, 0.25) is 5.91 Å². The lowest BCUT2D eigenvalue weighted by molar-refractivity contribution is -0.126. The summed E-state index contributed by atoms with van der Waals surface area (Å²) in [4.78, 5) is 12.1. The van der Waals surface area contributed by atoms with Crippen molar-refractivity contribution in [2.45, 2.75) is 39.2 Å². The fraction of sp³-hybridized carbons (Fsp3) is 0.611. The van der Waals surface area contributed by atoms with Crippen molar-refractivity contribution < 1.29 is 17.6 Å². The van der Waals surface area contributed by atoms with Gasteiger partial charge in [-0.1, -0.05) is 31.0 Å². The number of halogens is 2. The van der Waals surface area contributed by atoms with E-state index in [0.29, 0.717) is 19.4 Å². The van der Waals surface area contributed by atoms with Gasteiger partial charge in [0.05, 0.1) is 0 Å². The minimum Gasteiger partial charge on any atom is -0.356 e. The highest BCUT2D eigenvalue weighted by Crippen LogP contribution is 2.25. The first-order chi connectivity index (χ1) is 12.8. The molecule has 1 heterocycles. The number of hydrogen-bond donors (Lipinski definition) is 1. The molecular weight excluding hydrogens is 393 g/mol. The summed E-state index contributed by atoms with van der Waals surface area (Å²) in [5, 5.41) is 3.10. The predicted octanol–water partition coefficient (Wildman–Crippen LogP) is 2.78. The van der Waals surface area contributed by atoms with Gasteiger partial charge in [0.1, 0.15) is 5.82 Å². The molecule has 1 aromatic carbocycles. The fourth-order valence-corrected chi connectivity index (χ4v) is 4.65. The Labute approximate surface area is 165 Å². The van der Waals surface area contributed by atoms with Crippen molar-refractivity contribution in [1.29, 1.82) is 0 Å². The lowest BCUT2D eigenvalue weighted by Crippen LogP contribution is -2.47. The Hall–Kier alpha value is -1.22. The van der Waals surface area contributed by atoms with Crippen LogP contribution in [0.1, 0.15) is 38.2 Å². The van der Waals surface area contributed by atoms with Crippen molar-refractivity contribution in [3.63, 3.8) is 0 Å². The third-order valence-corrected chi connectivity index (χ3v) is 7.11. The van der Waals surface area contributed by atoms with Crippen molar-refractivity contribution in [3.8, 4) is 0 Å². The molecule has 152 valence electrons. The molecule has 0 bridgehead atoms. The number of nitrogens with zero attached hydrogens (tertiary/aromatic N) is 2. The van der Waals surface area contributed by atoms with Gasteiger partial charge < -0.3 is 5.32 Å². The Kier molecular flexibility index (Phi) is 8.03. The maximum absolute atomic E-state index is 13.9. The molecule has 27 heavy (non-hydrogen) atoms. The fourth-order valence-electron chi connectivity index (χ4n) is 3.07. The summed E-state index contributed by atoms with van der Waals surface area (Å²) in [5.41, 5.74) is 0.149. The zero-order valence-electron chi connectivity index (χ0n) is 15.7. The van der Waals surface area contributed by atoms with E-state index in [1.807, 2.05) is 0 Å². The molecule has 0 saturated carbocycles. The van der Waals surface area contributed by atoms with E-state index in [1.54, 1.807) is 0 Å². The topological polar surface area (TPSA) is 69.7 Å². The Bertz CT molecular complexity index is 732. The van der Waals surface area contributed by atoms with E-state index in [0.717, 1.165) is 17.1 Å². The van der Waals surface area contributed by atoms with Crippen LogP contribution in [0.25, 0.3) is 0 Å². The van der Waals surface area contributed by atoms with Crippen LogP contribution in [-0.2, 0) is 21.5 Å². The Balaban J connectivity index is 1.95. The molecule has 1 aliphatic rings. The minimum atomic E-state index is -3.75. The minimum absolute atomic E-state index is 0.00742. The highest BCUT2D eigenvalue weighted by atomic mass is 35.5. The predicted molar refractivity (Wildman–Crippen MR) is 104 cm³/mol. The molecule has 1 saturated heterocycles. The van der Waals surface area contributed by atoms with Crippen LogP contribution in [-0.4, -0.2) is 49.6 Å². The van der Waals surface area contributed by atoms with E-state index < -0.39 is 16.0 Å². The number of unbranched alkanes of at least 4 members (excludes halogenated alkanes) is 1. The first-order valence-electron chi connectivity index (χ1n) is 9.19. The summed E-state index contributed by atoms with van der Waals surface area (Å²) in [6, 6.07) is 4.26. The van der Waals surface area contributed by atoms with Crippen molar-refractivity contribution in [3.05, 3.63) is 34.6 Å². The number of carbonyl (C=O) groups is 1. The van der Waals surface area contributed by atoms with Crippen LogP contribution in [0.4, 0.5) is 4.39 Å². The molecular formula is C18H27ClFN3O3S. The Morgan fingerprint density at radius 1 is 1.37 bits per heavy atom. The highest BCUT2D eigenvalue weighted by molar-refractivity contribution is 7.86. The summed E-state index contributed by atoms with van der Waals surface area (Å²) in [6.07, 6.45) is 2.90. The molecule has 0 spiro atoms. The highest BCUT2D eigenvalue weighted by Gasteiger charge is 2.33. The lowest BCUT2D eigenvalue weighted by atomic mass is 9.97. The zero-order chi connectivity index (χ0) is 20.0. The molecule has 1 N–H and O–H groups in total. The van der Waals surface area contributed by atoms with Crippen LogP contribution in [0.5, 0.6) is 0 Å². The third kappa shape index (κ3) is 5.63. The van der Waals surface area contributed by atoms with Crippen molar-refractivity contribution in [2.24, 2.45) is 5.92 Å². The van der Waals surface area contributed by atoms with Crippen LogP contribution in [0, 0.1) is 11.7 Å². The van der Waals surface area contributed by atoms with Gasteiger partial charge in [-0.2, -0.15) is 17.0 Å². The molecule has 1 aromatic rings. The second-order valence-corrected chi connectivity index (χ2v) is 9.22. The number of piperidine rings is 1. The van der Waals surface area contributed by atoms with Crippen molar-refractivity contribution in [1.82, 2.24) is 13.9 Å². The quantitative estimate of drug-likeness (QED) is 0.658. The smallest absolute Gasteiger partial charge is 0.282 e. The molecule has 0 aliphatic carbocycles. The summed E-state index contributed by atoms with van der Waals surface area (Å²) >= 11 is 6.00. The maximum atomic E-state index is 13.9. The maximum Gasteiger partial charge on any atom is 0.282 e. The van der Waals surface area contributed by atoms with Gasteiger partial charge in [-0.3, -0.25) is 4.79 Å². The third-order valence-electron chi connectivity index (χ3n) is 4.82. The molecule has 0 atom stereocenters. The van der Waals surface area contributed by atoms with Gasteiger partial charge in [-0.15, -0.1) is 0 Å². The SMILES string of the molecule is CCCCNC(=O)C1CCN(S(=O)(=O)N(C)Cc2c(F)cccc2Cl)CC1. The second-order valence-electron chi connectivity index (χ2n) is 6.78. The number of hydrogen-bond acceptors (Lipinski definition) is 3. The molecule has 0 unspecified atom stereocenters. The molecule has 0 aromatic heterocycles. The zero-order valence-corrected chi connectivity index (χ0v) is 17.3. The standard InChI is InChI=1S/C18H27ClFN3O3S/c1-3-4-10-21-18(24)14-8-11-23(12-9-14)27(25,26)22(2)13-15-16(19)6-5-7-17(15)20/h5-7,14H,3-4,8-13H2,1-2H3,(H,21,24). The van der Waals surface area contributed by atoms with Crippen LogP contribution in [0.15, 0.2) is 18.2 Å². The van der Waals surface area contributed by atoms with E-state index in [2.05, 4.69) is 12.2 Å². The van der Waals surface area contributed by atoms with Gasteiger partial charge in [0.25, 0.3) is 10.2 Å². The molecule has 1 amide bonds. The number of amides is 1. The van der Waals surface area contributed by atoms with Crippen molar-refractivity contribution in [2.75, 3.05) is 26.7 Å². The average Bonchev–Trinajstić information content (AvgIpc) is 2.64. The van der Waals surface area contributed by atoms with E-state index in [4.69, 9.17) is 11.6 Å². The summed E-state index contributed by atoms with van der Waals surface area (Å²) in [5.74, 6) is -0.710. The second kappa shape index (κ2) is 9.82. The average molecular weight is 420 g/mol. The van der Waals surface area contributed by atoms with E-state index in [-0.39, 0.29) is 42.0 Å². The van der Waals surface area contributed by atoms with Crippen LogP contribution in [0.2, 0.25) is 5.02 Å². The van der Waals surface area contributed by atoms with E-state index in [9.17, 15) is 17.6 Å². The Morgan fingerprint density at radius 2 is 2.04 bits per heavy atom. The number of benzene rings is 1. The number of nitrogens with one attached hydrogen (secondary N) is 1. The van der Waals surface area contributed by atoms with Gasteiger partial charge in [-0.05, 0) is 31.4 Å². The van der Waals surface area contributed by atoms with Gasteiger partial charge >= 0.3 is 0 Å².